The summed E-state index contributed by atoms with van der Waals surface area (Å²) < 4.78 is 0. The number of nitrogens with zero attached hydrogens (tertiary/aromatic N) is 3. The Morgan fingerprint density at radius 2 is 1.74 bits per heavy atom. The van der Waals surface area contributed by atoms with Crippen LogP contribution in [0.25, 0.3) is 0 Å². The molecule has 1 heterocycles. The third-order valence-corrected chi connectivity index (χ3v) is 3.51. The largest absolute Gasteiger partial charge is 0.368 e. The fraction of sp³-hybridized carbons (Fsp3) is 0.167. The van der Waals surface area contributed by atoms with E-state index < -0.39 is 0 Å². The normalized spacial score (nSPS) is 10.3. The molecule has 23 heavy (non-hydrogen) atoms. The van der Waals surface area contributed by atoms with Crippen LogP contribution >= 0.6 is 0 Å². The van der Waals surface area contributed by atoms with E-state index in [9.17, 15) is 0 Å². The van der Waals surface area contributed by atoms with Gasteiger partial charge in [0.25, 0.3) is 0 Å². The lowest BCUT2D eigenvalue weighted by Crippen LogP contribution is -2.09. The van der Waals surface area contributed by atoms with Gasteiger partial charge in [0.2, 0.25) is 5.95 Å². The maximum atomic E-state index is 4.44. The molecule has 0 atom stereocenters. The summed E-state index contributed by atoms with van der Waals surface area (Å²) in [6.45, 7) is 2.84. The van der Waals surface area contributed by atoms with E-state index in [4.69, 9.17) is 0 Å². The minimum absolute atomic E-state index is 0.490. The van der Waals surface area contributed by atoms with Gasteiger partial charge >= 0.3 is 0 Å². The summed E-state index contributed by atoms with van der Waals surface area (Å²) in [7, 11) is 0. The number of hydrogen-bond donors (Lipinski definition) is 2. The molecule has 0 amide bonds. The van der Waals surface area contributed by atoms with Gasteiger partial charge in [0.05, 0.1) is 6.20 Å². The molecule has 5 nitrogen and oxygen atoms in total. The number of benzene rings is 2. The molecule has 116 valence electrons. The average Bonchev–Trinajstić information content (AvgIpc) is 2.58. The SMILES string of the molecule is Cc1ccccc1Nc1nncc(NCCc2ccccc2)n1. The van der Waals surface area contributed by atoms with Gasteiger partial charge in [-0.05, 0) is 30.5 Å². The van der Waals surface area contributed by atoms with Crippen molar-refractivity contribution in [2.45, 2.75) is 13.3 Å². The first-order valence-electron chi connectivity index (χ1n) is 7.61. The van der Waals surface area contributed by atoms with Crippen LogP contribution in [0.1, 0.15) is 11.1 Å². The number of aryl methyl sites for hydroxylation is 1. The molecule has 0 aliphatic carbocycles. The van der Waals surface area contributed by atoms with Crippen molar-refractivity contribution < 1.29 is 0 Å². The molecule has 0 fully saturated rings. The van der Waals surface area contributed by atoms with Crippen LogP contribution < -0.4 is 10.6 Å². The molecule has 0 bridgehead atoms. The van der Waals surface area contributed by atoms with Crippen LogP contribution in [0.3, 0.4) is 0 Å². The minimum atomic E-state index is 0.490. The first-order valence-corrected chi connectivity index (χ1v) is 7.61. The first-order chi connectivity index (χ1) is 11.3. The molecule has 0 unspecified atom stereocenters. The summed E-state index contributed by atoms with van der Waals surface area (Å²) in [5.74, 6) is 1.20. The molecule has 0 aliphatic heterocycles. The van der Waals surface area contributed by atoms with Gasteiger partial charge in [-0.15, -0.1) is 5.10 Å². The van der Waals surface area contributed by atoms with E-state index in [0.29, 0.717) is 11.8 Å². The fourth-order valence-corrected chi connectivity index (χ4v) is 2.25. The van der Waals surface area contributed by atoms with Crippen molar-refractivity contribution in [2.24, 2.45) is 0 Å². The number of rotatable bonds is 6. The average molecular weight is 305 g/mol. The van der Waals surface area contributed by atoms with Crippen molar-refractivity contribution in [1.29, 1.82) is 0 Å². The summed E-state index contributed by atoms with van der Waals surface area (Å²) in [5, 5.41) is 14.5. The van der Waals surface area contributed by atoms with Crippen molar-refractivity contribution in [3.05, 3.63) is 71.9 Å². The lowest BCUT2D eigenvalue weighted by molar-refractivity contribution is 0.950. The van der Waals surface area contributed by atoms with Crippen LogP contribution in [0.4, 0.5) is 17.5 Å². The van der Waals surface area contributed by atoms with Crippen molar-refractivity contribution in [2.75, 3.05) is 17.2 Å². The Morgan fingerprint density at radius 1 is 0.957 bits per heavy atom. The fourth-order valence-electron chi connectivity index (χ4n) is 2.25. The van der Waals surface area contributed by atoms with Crippen LogP contribution in [0.2, 0.25) is 0 Å². The monoisotopic (exact) mass is 305 g/mol. The summed E-state index contributed by atoms with van der Waals surface area (Å²) in [4.78, 5) is 4.44. The van der Waals surface area contributed by atoms with Crippen molar-refractivity contribution >= 4 is 17.5 Å². The zero-order chi connectivity index (χ0) is 15.9. The molecule has 3 rings (SSSR count). The van der Waals surface area contributed by atoms with E-state index in [2.05, 4.69) is 37.9 Å². The van der Waals surface area contributed by atoms with E-state index in [1.807, 2.05) is 49.4 Å². The second-order valence-corrected chi connectivity index (χ2v) is 5.27. The van der Waals surface area contributed by atoms with E-state index in [-0.39, 0.29) is 0 Å². The molecule has 5 heteroatoms. The Balaban J connectivity index is 1.60. The quantitative estimate of drug-likeness (QED) is 0.729. The summed E-state index contributed by atoms with van der Waals surface area (Å²) >= 11 is 0. The van der Waals surface area contributed by atoms with Gasteiger partial charge in [0.15, 0.2) is 5.82 Å². The van der Waals surface area contributed by atoms with E-state index >= 15 is 0 Å². The number of nitrogens with one attached hydrogen (secondary N) is 2. The summed E-state index contributed by atoms with van der Waals surface area (Å²) in [6, 6.07) is 18.4. The smallest absolute Gasteiger partial charge is 0.249 e. The van der Waals surface area contributed by atoms with Gasteiger partial charge in [-0.2, -0.15) is 10.1 Å². The molecule has 2 aromatic carbocycles. The number of anilines is 3. The van der Waals surface area contributed by atoms with Crippen LogP contribution in [-0.2, 0) is 6.42 Å². The van der Waals surface area contributed by atoms with Gasteiger partial charge in [0.1, 0.15) is 0 Å². The molecular weight excluding hydrogens is 286 g/mol. The highest BCUT2D eigenvalue weighted by Gasteiger charge is 2.03. The minimum Gasteiger partial charge on any atom is -0.368 e. The van der Waals surface area contributed by atoms with E-state index in [1.165, 1.54) is 5.56 Å². The van der Waals surface area contributed by atoms with Crippen molar-refractivity contribution in [3.8, 4) is 0 Å². The van der Waals surface area contributed by atoms with Gasteiger partial charge in [-0.3, -0.25) is 0 Å². The molecule has 0 spiro atoms. The number of aromatic nitrogens is 3. The molecular formula is C18H19N5. The topological polar surface area (TPSA) is 62.7 Å². The molecule has 3 aromatic rings. The van der Waals surface area contributed by atoms with Crippen LogP contribution in [0, 0.1) is 6.92 Å². The first kappa shape index (κ1) is 15.0. The van der Waals surface area contributed by atoms with Gasteiger partial charge < -0.3 is 10.6 Å². The molecule has 1 aromatic heterocycles. The highest BCUT2D eigenvalue weighted by Crippen LogP contribution is 2.17. The van der Waals surface area contributed by atoms with Gasteiger partial charge in [-0.1, -0.05) is 48.5 Å². The Labute approximate surface area is 135 Å². The number of para-hydroxylation sites is 1. The molecule has 0 saturated carbocycles. The summed E-state index contributed by atoms with van der Waals surface area (Å²) in [5.41, 5.74) is 3.41. The van der Waals surface area contributed by atoms with Gasteiger partial charge in [-0.25, -0.2) is 0 Å². The van der Waals surface area contributed by atoms with E-state index in [1.54, 1.807) is 6.20 Å². The molecule has 0 aliphatic rings. The Morgan fingerprint density at radius 3 is 2.57 bits per heavy atom. The lowest BCUT2D eigenvalue weighted by Gasteiger charge is -2.09. The summed E-state index contributed by atoms with van der Waals surface area (Å²) in [6.07, 6.45) is 2.57. The predicted molar refractivity (Wildman–Crippen MR) is 92.9 cm³/mol. The third-order valence-electron chi connectivity index (χ3n) is 3.51. The lowest BCUT2D eigenvalue weighted by atomic mass is 10.1. The Kier molecular flexibility index (Phi) is 4.79. The highest BCUT2D eigenvalue weighted by molar-refractivity contribution is 5.58. The van der Waals surface area contributed by atoms with Crippen LogP contribution in [0.5, 0.6) is 0 Å². The molecule has 0 saturated heterocycles. The molecule has 0 radical (unpaired) electrons. The van der Waals surface area contributed by atoms with Gasteiger partial charge in [0, 0.05) is 12.2 Å². The van der Waals surface area contributed by atoms with Crippen LogP contribution in [-0.4, -0.2) is 21.7 Å². The second-order valence-electron chi connectivity index (χ2n) is 5.27. The Bertz CT molecular complexity index is 758. The maximum absolute atomic E-state index is 4.44. The third kappa shape index (κ3) is 4.26. The Hall–Kier alpha value is -2.95. The highest BCUT2D eigenvalue weighted by atomic mass is 15.3. The van der Waals surface area contributed by atoms with E-state index in [0.717, 1.165) is 24.2 Å². The zero-order valence-corrected chi connectivity index (χ0v) is 13.0. The standard InChI is InChI=1S/C18H19N5/c1-14-7-5-6-10-16(14)21-18-22-17(13-20-23-18)19-12-11-15-8-3-2-4-9-15/h2-10,13H,11-12H2,1H3,(H2,19,21,22,23). The van der Waals surface area contributed by atoms with Crippen LogP contribution in [0.15, 0.2) is 60.8 Å². The maximum Gasteiger partial charge on any atom is 0.249 e. The zero-order valence-electron chi connectivity index (χ0n) is 13.0. The van der Waals surface area contributed by atoms with Crippen molar-refractivity contribution in [1.82, 2.24) is 15.2 Å². The second kappa shape index (κ2) is 7.35. The van der Waals surface area contributed by atoms with Crippen molar-refractivity contribution in [3.63, 3.8) is 0 Å². The predicted octanol–water partition coefficient (Wildman–Crippen LogP) is 3.58. The molecule has 2 N–H and O–H groups in total. The number of hydrogen-bond acceptors (Lipinski definition) is 5.